The van der Waals surface area contributed by atoms with Crippen LogP contribution in [0, 0.1) is 0 Å². The maximum atomic E-state index is 11.6. The fourth-order valence-corrected chi connectivity index (χ4v) is 3.83. The van der Waals surface area contributed by atoms with Crippen molar-refractivity contribution < 1.29 is 5.11 Å². The summed E-state index contributed by atoms with van der Waals surface area (Å²) in [5.74, 6) is 0.141. The number of benzene rings is 1. The highest BCUT2D eigenvalue weighted by Gasteiger charge is 2.21. The second kappa shape index (κ2) is 8.56. The molecule has 1 saturated carbocycles. The van der Waals surface area contributed by atoms with Gasteiger partial charge in [0, 0.05) is 24.2 Å². The Morgan fingerprint density at radius 2 is 2.09 bits per heavy atom. The van der Waals surface area contributed by atoms with E-state index in [1.54, 1.807) is 29.3 Å². The standard InChI is InChI=1S/C23H22N10O2/c34-20-17(28-23(35)30-20)10-15-11-25-33-19(15)29-21(31-22(33)26-16-6-7-16)27-18(12-32-9-8-24-13-32)14-4-2-1-3-5-14/h1-5,8-11,13,16,18,34H,6-7,12H2,(H,26,27,31)(H2,28,30,35). The molecule has 35 heavy (non-hydrogen) atoms. The number of nitrogens with one attached hydrogen (secondary N) is 3. The number of hydrogen-bond acceptors (Lipinski definition) is 8. The van der Waals surface area contributed by atoms with Crippen LogP contribution in [0.4, 0.5) is 5.95 Å². The van der Waals surface area contributed by atoms with Crippen LogP contribution in [-0.4, -0.2) is 50.2 Å². The minimum absolute atomic E-state index is 0.137. The quantitative estimate of drug-likeness (QED) is 0.270. The van der Waals surface area contributed by atoms with Crippen LogP contribution in [0.25, 0.3) is 11.7 Å². The van der Waals surface area contributed by atoms with Crippen molar-refractivity contribution in [3.8, 4) is 5.88 Å². The molecule has 176 valence electrons. The van der Waals surface area contributed by atoms with Crippen molar-refractivity contribution in [3.63, 3.8) is 0 Å². The molecule has 12 nitrogen and oxygen atoms in total. The van der Waals surface area contributed by atoms with Gasteiger partial charge in [0.25, 0.3) is 5.62 Å². The van der Waals surface area contributed by atoms with Crippen LogP contribution in [-0.2, 0) is 6.54 Å². The lowest BCUT2D eigenvalue weighted by atomic mass is 10.1. The van der Waals surface area contributed by atoms with Gasteiger partial charge in [-0.3, -0.25) is 4.98 Å². The Kier molecular flexibility index (Phi) is 5.09. The molecule has 12 heteroatoms. The van der Waals surface area contributed by atoms with Gasteiger partial charge in [-0.15, -0.1) is 0 Å². The van der Waals surface area contributed by atoms with Crippen LogP contribution >= 0.6 is 0 Å². The Labute approximate surface area is 197 Å². The van der Waals surface area contributed by atoms with E-state index < -0.39 is 5.69 Å². The predicted molar refractivity (Wildman–Crippen MR) is 126 cm³/mol. The molecule has 0 spiro atoms. The van der Waals surface area contributed by atoms with Crippen LogP contribution < -0.4 is 21.8 Å². The first-order chi connectivity index (χ1) is 17.1. The number of aromatic hydroxyl groups is 1. The van der Waals surface area contributed by atoms with Crippen LogP contribution in [0.1, 0.15) is 30.1 Å². The number of nitrogens with zero attached hydrogens (tertiary/aromatic N) is 7. The maximum absolute atomic E-state index is 11.6. The van der Waals surface area contributed by atoms with Crippen molar-refractivity contribution in [1.29, 1.82) is 0 Å². The molecule has 1 aliphatic rings. The summed E-state index contributed by atoms with van der Waals surface area (Å²) in [5.41, 5.74) is 1.75. The fraction of sp³-hybridized carbons (Fsp3) is 0.217. The van der Waals surface area contributed by atoms with E-state index in [2.05, 4.69) is 30.4 Å². The number of rotatable bonds is 7. The molecular weight excluding hydrogens is 448 g/mol. The number of anilines is 1. The summed E-state index contributed by atoms with van der Waals surface area (Å²) in [6.45, 7) is 0.615. The Balaban J connectivity index is 1.46. The van der Waals surface area contributed by atoms with Gasteiger partial charge >= 0.3 is 5.69 Å². The molecule has 1 unspecified atom stereocenters. The van der Waals surface area contributed by atoms with Crippen molar-refractivity contribution >= 4 is 17.7 Å². The van der Waals surface area contributed by atoms with E-state index in [-0.39, 0.29) is 23.7 Å². The molecule has 4 aromatic heterocycles. The summed E-state index contributed by atoms with van der Waals surface area (Å²) < 4.78 is 3.56. The summed E-state index contributed by atoms with van der Waals surface area (Å²) in [5, 5.41) is 18.5. The number of imidazole rings is 2. The molecule has 6 rings (SSSR count). The van der Waals surface area contributed by atoms with Gasteiger partial charge in [0.05, 0.1) is 24.6 Å². The lowest BCUT2D eigenvalue weighted by molar-refractivity contribution is 0.454. The van der Waals surface area contributed by atoms with E-state index in [0.29, 0.717) is 29.0 Å². The zero-order valence-corrected chi connectivity index (χ0v) is 18.5. The molecule has 1 aromatic carbocycles. The first kappa shape index (κ1) is 20.8. The van der Waals surface area contributed by atoms with Gasteiger partial charge in [0.2, 0.25) is 11.8 Å². The van der Waals surface area contributed by atoms with Gasteiger partial charge in [-0.25, -0.2) is 14.8 Å². The highest BCUT2D eigenvalue weighted by molar-refractivity contribution is 5.57. The molecule has 4 N–H and O–H groups in total. The molecular formula is C23H22N10O2. The summed E-state index contributed by atoms with van der Waals surface area (Å²) >= 11 is 0. The minimum Gasteiger partial charge on any atom is -0.493 e. The average molecular weight is 470 g/mol. The van der Waals surface area contributed by atoms with Crippen molar-refractivity contribution in [2.75, 3.05) is 5.32 Å². The third kappa shape index (κ3) is 4.40. The zero-order chi connectivity index (χ0) is 23.8. The largest absolute Gasteiger partial charge is 0.493 e. The normalized spacial score (nSPS) is 15.7. The molecule has 4 heterocycles. The van der Waals surface area contributed by atoms with E-state index in [4.69, 9.17) is 9.98 Å². The first-order valence-corrected chi connectivity index (χ1v) is 11.2. The fourth-order valence-electron chi connectivity index (χ4n) is 3.83. The third-order valence-corrected chi connectivity index (χ3v) is 5.72. The van der Waals surface area contributed by atoms with E-state index in [0.717, 1.165) is 18.4 Å². The number of aromatic amines is 2. The SMILES string of the molecule is O=c1[nH]c(O)c(C=c2cnn3c(=NC4CC4)nc(NC(Cn4ccnc4)c4ccccc4)nc23)[nH]1. The average Bonchev–Trinajstić information content (AvgIpc) is 3.21. The number of aromatic nitrogens is 8. The van der Waals surface area contributed by atoms with E-state index in [9.17, 15) is 9.90 Å². The van der Waals surface area contributed by atoms with Crippen LogP contribution in [0.5, 0.6) is 5.88 Å². The monoisotopic (exact) mass is 470 g/mol. The lowest BCUT2D eigenvalue weighted by Gasteiger charge is -2.19. The van der Waals surface area contributed by atoms with E-state index >= 15 is 0 Å². The second-order valence-electron chi connectivity index (χ2n) is 8.40. The van der Waals surface area contributed by atoms with Crippen molar-refractivity contribution in [1.82, 2.24) is 39.1 Å². The smallest absolute Gasteiger partial charge is 0.326 e. The summed E-state index contributed by atoms with van der Waals surface area (Å²) in [6, 6.07) is 10.1. The summed E-state index contributed by atoms with van der Waals surface area (Å²) in [6.07, 6.45) is 10.7. The lowest BCUT2D eigenvalue weighted by Crippen LogP contribution is -2.27. The Hall–Kier alpha value is -4.74. The first-order valence-electron chi connectivity index (χ1n) is 11.2. The molecule has 0 aliphatic heterocycles. The van der Waals surface area contributed by atoms with Gasteiger partial charge < -0.3 is 20.0 Å². The maximum Gasteiger partial charge on any atom is 0.326 e. The Bertz CT molecular complexity index is 1650. The second-order valence-corrected chi connectivity index (χ2v) is 8.40. The predicted octanol–water partition coefficient (Wildman–Crippen LogP) is 0.507. The molecule has 0 radical (unpaired) electrons. The van der Waals surface area contributed by atoms with E-state index in [1.165, 1.54) is 0 Å². The van der Waals surface area contributed by atoms with Crippen LogP contribution in [0.3, 0.4) is 0 Å². The molecule has 0 saturated heterocycles. The van der Waals surface area contributed by atoms with Gasteiger partial charge in [-0.05, 0) is 24.5 Å². The van der Waals surface area contributed by atoms with Crippen molar-refractivity contribution in [3.05, 3.63) is 87.8 Å². The number of hydrogen-bond donors (Lipinski definition) is 4. The topological polar surface area (TPSA) is 154 Å². The Morgan fingerprint density at radius 1 is 1.23 bits per heavy atom. The van der Waals surface area contributed by atoms with Gasteiger partial charge in [-0.2, -0.15) is 19.6 Å². The van der Waals surface area contributed by atoms with Crippen molar-refractivity contribution in [2.45, 2.75) is 31.5 Å². The highest BCUT2D eigenvalue weighted by Crippen LogP contribution is 2.23. The van der Waals surface area contributed by atoms with Crippen molar-refractivity contribution in [2.24, 2.45) is 4.99 Å². The van der Waals surface area contributed by atoms with Gasteiger partial charge in [-0.1, -0.05) is 30.3 Å². The highest BCUT2D eigenvalue weighted by atomic mass is 16.3. The Morgan fingerprint density at radius 3 is 2.80 bits per heavy atom. The number of H-pyrrole nitrogens is 2. The van der Waals surface area contributed by atoms with Crippen LogP contribution in [0.15, 0.2) is 65.0 Å². The molecule has 5 aromatic rings. The third-order valence-electron chi connectivity index (χ3n) is 5.72. The van der Waals surface area contributed by atoms with Gasteiger partial charge in [0.15, 0.2) is 5.65 Å². The summed E-state index contributed by atoms with van der Waals surface area (Å²) in [7, 11) is 0. The summed E-state index contributed by atoms with van der Waals surface area (Å²) in [4.78, 5) is 34.7. The molecule has 1 atom stereocenters. The molecule has 0 amide bonds. The minimum atomic E-state index is -0.503. The molecule has 1 aliphatic carbocycles. The molecule has 1 fully saturated rings. The van der Waals surface area contributed by atoms with E-state index in [1.807, 2.05) is 41.1 Å². The number of fused-ring (bicyclic) bond motifs is 1. The molecule has 0 bridgehead atoms. The van der Waals surface area contributed by atoms with Crippen LogP contribution in [0.2, 0.25) is 0 Å². The van der Waals surface area contributed by atoms with Gasteiger partial charge in [0.1, 0.15) is 5.69 Å². The zero-order valence-electron chi connectivity index (χ0n) is 18.5.